The molecular formula is C23H23ClN8O. The smallest absolute Gasteiger partial charge is 0.237 e. The summed E-state index contributed by atoms with van der Waals surface area (Å²) in [5.41, 5.74) is 3.30. The van der Waals surface area contributed by atoms with E-state index in [1.54, 1.807) is 0 Å². The van der Waals surface area contributed by atoms with Crippen LogP contribution in [0.1, 0.15) is 18.4 Å². The van der Waals surface area contributed by atoms with E-state index in [2.05, 4.69) is 41.4 Å². The molecule has 2 aromatic carbocycles. The zero-order chi connectivity index (χ0) is 22.6. The van der Waals surface area contributed by atoms with E-state index in [1.165, 1.54) is 6.33 Å². The molecule has 1 aliphatic rings. The molecule has 0 unspecified atom stereocenters. The minimum absolute atomic E-state index is 0.0532. The van der Waals surface area contributed by atoms with Crippen molar-refractivity contribution in [2.24, 2.45) is 0 Å². The van der Waals surface area contributed by atoms with Gasteiger partial charge in [0.2, 0.25) is 5.91 Å². The maximum Gasteiger partial charge on any atom is 0.237 e. The van der Waals surface area contributed by atoms with Crippen LogP contribution >= 0.6 is 11.6 Å². The summed E-state index contributed by atoms with van der Waals surface area (Å²) in [6.45, 7) is 1.39. The van der Waals surface area contributed by atoms with E-state index in [4.69, 9.17) is 11.6 Å². The number of halogens is 1. The van der Waals surface area contributed by atoms with Crippen molar-refractivity contribution < 1.29 is 4.79 Å². The number of aromatic amines is 1. The molecule has 33 heavy (non-hydrogen) atoms. The molecule has 4 aromatic rings. The molecular weight excluding hydrogens is 440 g/mol. The number of rotatable bonds is 7. The molecule has 2 aromatic heterocycles. The van der Waals surface area contributed by atoms with Crippen LogP contribution in [0, 0.1) is 0 Å². The van der Waals surface area contributed by atoms with Gasteiger partial charge in [-0.25, -0.2) is 9.97 Å². The molecule has 0 aliphatic carbocycles. The van der Waals surface area contributed by atoms with Crippen LogP contribution in [-0.4, -0.2) is 38.7 Å². The summed E-state index contributed by atoms with van der Waals surface area (Å²) in [4.78, 5) is 20.8. The second kappa shape index (κ2) is 9.43. The van der Waals surface area contributed by atoms with Crippen LogP contribution in [0.2, 0.25) is 5.02 Å². The second-order valence-electron chi connectivity index (χ2n) is 7.84. The summed E-state index contributed by atoms with van der Waals surface area (Å²) in [5, 5.41) is 21.5. The number of carbonyl (C=O) groups is 1. The van der Waals surface area contributed by atoms with Crippen LogP contribution < -0.4 is 21.3 Å². The lowest BCUT2D eigenvalue weighted by atomic mass is 10.2. The quantitative estimate of drug-likeness (QED) is 0.283. The van der Waals surface area contributed by atoms with Crippen molar-refractivity contribution in [3.8, 4) is 0 Å². The Labute approximate surface area is 195 Å². The van der Waals surface area contributed by atoms with E-state index < -0.39 is 0 Å². The van der Waals surface area contributed by atoms with Gasteiger partial charge in [-0.2, -0.15) is 5.10 Å². The van der Waals surface area contributed by atoms with Gasteiger partial charge in [0.15, 0.2) is 11.5 Å². The van der Waals surface area contributed by atoms with E-state index in [0.717, 1.165) is 41.7 Å². The Morgan fingerprint density at radius 1 is 1.06 bits per heavy atom. The average Bonchev–Trinajstić information content (AvgIpc) is 3.50. The van der Waals surface area contributed by atoms with Gasteiger partial charge < -0.3 is 21.3 Å². The van der Waals surface area contributed by atoms with Gasteiger partial charge in [-0.3, -0.25) is 9.89 Å². The second-order valence-corrected chi connectivity index (χ2v) is 8.28. The van der Waals surface area contributed by atoms with Gasteiger partial charge in [-0.1, -0.05) is 29.8 Å². The Morgan fingerprint density at radius 2 is 1.91 bits per heavy atom. The van der Waals surface area contributed by atoms with E-state index in [1.807, 2.05) is 48.5 Å². The first-order valence-corrected chi connectivity index (χ1v) is 11.1. The van der Waals surface area contributed by atoms with Gasteiger partial charge in [0.25, 0.3) is 0 Å². The Kier molecular flexibility index (Phi) is 6.05. The summed E-state index contributed by atoms with van der Waals surface area (Å²) in [6.07, 6.45) is 3.41. The van der Waals surface area contributed by atoms with Crippen molar-refractivity contribution in [1.29, 1.82) is 0 Å². The fourth-order valence-corrected chi connectivity index (χ4v) is 4.00. The highest BCUT2D eigenvalue weighted by Gasteiger charge is 2.21. The number of nitrogens with zero attached hydrogens (tertiary/aromatic N) is 3. The minimum Gasteiger partial charge on any atom is -0.351 e. The molecule has 1 atom stereocenters. The van der Waals surface area contributed by atoms with Crippen LogP contribution in [0.5, 0.6) is 0 Å². The number of hydrogen-bond donors (Lipinski definition) is 5. The predicted octanol–water partition coefficient (Wildman–Crippen LogP) is 3.86. The summed E-state index contributed by atoms with van der Waals surface area (Å²) in [6, 6.07) is 15.2. The number of H-pyrrole nitrogens is 1. The average molecular weight is 463 g/mol. The molecule has 0 bridgehead atoms. The van der Waals surface area contributed by atoms with Crippen LogP contribution in [-0.2, 0) is 11.3 Å². The lowest BCUT2D eigenvalue weighted by Crippen LogP contribution is -2.39. The van der Waals surface area contributed by atoms with Crippen LogP contribution in [0.4, 0.5) is 23.0 Å². The van der Waals surface area contributed by atoms with Gasteiger partial charge in [-0.05, 0) is 55.3 Å². The summed E-state index contributed by atoms with van der Waals surface area (Å²) in [5.74, 6) is 1.26. The standard InChI is InChI=1S/C23H23ClN8O/c24-15-3-1-4-17(11-15)30-20-19-21(28-13-27-20)31-32-22(19)29-16-8-6-14(7-9-16)12-26-23(33)18-5-2-10-25-18/h1,3-4,6-9,11,13,18,25H,2,5,10,12H2,(H,26,33)(H3,27,28,29,30,31,32)/t18-/m0/s1. The van der Waals surface area contributed by atoms with Crippen LogP contribution in [0.15, 0.2) is 54.9 Å². The first kappa shape index (κ1) is 21.2. The number of fused-ring (bicyclic) bond motifs is 1. The summed E-state index contributed by atoms with van der Waals surface area (Å²) in [7, 11) is 0. The van der Waals surface area contributed by atoms with Crippen molar-refractivity contribution in [1.82, 2.24) is 30.8 Å². The zero-order valence-corrected chi connectivity index (χ0v) is 18.5. The molecule has 5 rings (SSSR count). The number of hydrogen-bond acceptors (Lipinski definition) is 7. The monoisotopic (exact) mass is 462 g/mol. The maximum atomic E-state index is 12.2. The Balaban J connectivity index is 1.29. The van der Waals surface area contributed by atoms with Gasteiger partial charge in [0, 0.05) is 22.9 Å². The third kappa shape index (κ3) is 4.89. The molecule has 10 heteroatoms. The zero-order valence-electron chi connectivity index (χ0n) is 17.7. The Morgan fingerprint density at radius 3 is 2.70 bits per heavy atom. The number of amides is 1. The molecule has 1 aliphatic heterocycles. The van der Waals surface area contributed by atoms with Crippen molar-refractivity contribution >= 4 is 51.6 Å². The summed E-state index contributed by atoms with van der Waals surface area (Å²) < 4.78 is 0. The third-order valence-corrected chi connectivity index (χ3v) is 5.74. The molecule has 0 radical (unpaired) electrons. The summed E-state index contributed by atoms with van der Waals surface area (Å²) >= 11 is 6.10. The highest BCUT2D eigenvalue weighted by molar-refractivity contribution is 6.30. The molecule has 1 amide bonds. The molecule has 5 N–H and O–H groups in total. The van der Waals surface area contributed by atoms with Gasteiger partial charge in [0.05, 0.1) is 6.04 Å². The molecule has 0 saturated carbocycles. The van der Waals surface area contributed by atoms with E-state index >= 15 is 0 Å². The van der Waals surface area contributed by atoms with Crippen molar-refractivity contribution in [2.75, 3.05) is 17.2 Å². The van der Waals surface area contributed by atoms with Crippen LogP contribution in [0.25, 0.3) is 11.0 Å². The largest absolute Gasteiger partial charge is 0.351 e. The van der Waals surface area contributed by atoms with E-state index in [0.29, 0.717) is 28.9 Å². The Bertz CT molecular complexity index is 1270. The number of nitrogens with one attached hydrogen (secondary N) is 5. The lowest BCUT2D eigenvalue weighted by molar-refractivity contribution is -0.122. The first-order valence-electron chi connectivity index (χ1n) is 10.7. The maximum absolute atomic E-state index is 12.2. The molecule has 0 spiro atoms. The van der Waals surface area contributed by atoms with Crippen molar-refractivity contribution in [3.63, 3.8) is 0 Å². The predicted molar refractivity (Wildman–Crippen MR) is 129 cm³/mol. The lowest BCUT2D eigenvalue weighted by Gasteiger charge is -2.12. The molecule has 1 saturated heterocycles. The van der Waals surface area contributed by atoms with E-state index in [9.17, 15) is 4.79 Å². The van der Waals surface area contributed by atoms with Gasteiger partial charge >= 0.3 is 0 Å². The normalized spacial score (nSPS) is 15.5. The van der Waals surface area contributed by atoms with Crippen molar-refractivity contribution in [3.05, 3.63) is 65.4 Å². The number of anilines is 4. The molecule has 168 valence electrons. The third-order valence-electron chi connectivity index (χ3n) is 5.51. The van der Waals surface area contributed by atoms with Crippen LogP contribution in [0.3, 0.4) is 0 Å². The fraction of sp³-hybridized carbons (Fsp3) is 0.217. The fourth-order valence-electron chi connectivity index (χ4n) is 3.81. The SMILES string of the molecule is O=C(NCc1ccc(Nc2n[nH]c3ncnc(Nc4cccc(Cl)c4)c23)cc1)[C@@H]1CCCN1. The Hall–Kier alpha value is -3.69. The number of aromatic nitrogens is 4. The van der Waals surface area contributed by atoms with Gasteiger partial charge in [-0.15, -0.1) is 0 Å². The minimum atomic E-state index is -0.0733. The highest BCUT2D eigenvalue weighted by atomic mass is 35.5. The number of carbonyl (C=O) groups excluding carboxylic acids is 1. The van der Waals surface area contributed by atoms with Gasteiger partial charge in [0.1, 0.15) is 17.5 Å². The van der Waals surface area contributed by atoms with E-state index in [-0.39, 0.29) is 11.9 Å². The van der Waals surface area contributed by atoms with Crippen molar-refractivity contribution in [2.45, 2.75) is 25.4 Å². The molecule has 1 fully saturated rings. The number of benzene rings is 2. The topological polar surface area (TPSA) is 120 Å². The molecule has 3 heterocycles. The molecule has 9 nitrogen and oxygen atoms in total. The first-order chi connectivity index (χ1) is 16.2. The highest BCUT2D eigenvalue weighted by Crippen LogP contribution is 2.30.